The maximum atomic E-state index is 9.93. The molecule has 0 radical (unpaired) electrons. The first-order valence-corrected chi connectivity index (χ1v) is 7.63. The van der Waals surface area contributed by atoms with Crippen molar-refractivity contribution in [2.24, 2.45) is 5.73 Å². The van der Waals surface area contributed by atoms with Crippen molar-refractivity contribution < 1.29 is 5.11 Å². The molecule has 4 N–H and O–H groups in total. The minimum Gasteiger partial charge on any atom is -0.507 e. The van der Waals surface area contributed by atoms with Crippen LogP contribution in [0, 0.1) is 0 Å². The van der Waals surface area contributed by atoms with Gasteiger partial charge in [-0.3, -0.25) is 5.10 Å². The SMILES string of the molecule is NC(Cc1ccccc1)c1nc(-c2cc(Br)ccc2O)n[nH]1. The van der Waals surface area contributed by atoms with Crippen molar-refractivity contribution in [2.75, 3.05) is 0 Å². The van der Waals surface area contributed by atoms with E-state index in [4.69, 9.17) is 5.73 Å². The normalized spacial score (nSPS) is 12.3. The van der Waals surface area contributed by atoms with Crippen LogP contribution in [0.2, 0.25) is 0 Å². The van der Waals surface area contributed by atoms with Gasteiger partial charge in [0.15, 0.2) is 5.82 Å². The van der Waals surface area contributed by atoms with Crippen molar-refractivity contribution in [3.05, 3.63) is 64.4 Å². The lowest BCUT2D eigenvalue weighted by molar-refractivity contribution is 0.477. The summed E-state index contributed by atoms with van der Waals surface area (Å²) in [5.74, 6) is 1.15. The molecule has 1 aromatic heterocycles. The van der Waals surface area contributed by atoms with E-state index in [1.807, 2.05) is 30.3 Å². The highest BCUT2D eigenvalue weighted by Gasteiger charge is 2.15. The molecule has 1 atom stereocenters. The number of aromatic hydroxyl groups is 1. The molecular weight excluding hydrogens is 344 g/mol. The van der Waals surface area contributed by atoms with Gasteiger partial charge in [-0.05, 0) is 30.2 Å². The number of aromatic amines is 1. The summed E-state index contributed by atoms with van der Waals surface area (Å²) in [6.07, 6.45) is 0.667. The molecule has 0 bridgehead atoms. The van der Waals surface area contributed by atoms with Gasteiger partial charge in [0.05, 0.1) is 11.6 Å². The fourth-order valence-electron chi connectivity index (χ4n) is 2.21. The third-order valence-corrected chi connectivity index (χ3v) is 3.85. The molecule has 1 heterocycles. The summed E-state index contributed by atoms with van der Waals surface area (Å²) < 4.78 is 0.847. The first-order chi connectivity index (χ1) is 10.6. The van der Waals surface area contributed by atoms with Gasteiger partial charge in [-0.15, -0.1) is 0 Å². The van der Waals surface area contributed by atoms with Gasteiger partial charge in [-0.1, -0.05) is 46.3 Å². The molecule has 1 unspecified atom stereocenters. The summed E-state index contributed by atoms with van der Waals surface area (Å²) in [4.78, 5) is 4.41. The van der Waals surface area contributed by atoms with Crippen LogP contribution in [0.25, 0.3) is 11.4 Å². The lowest BCUT2D eigenvalue weighted by atomic mass is 10.1. The molecule has 2 aromatic carbocycles. The van der Waals surface area contributed by atoms with Crippen LogP contribution in [0.5, 0.6) is 5.75 Å². The third kappa shape index (κ3) is 3.18. The summed E-state index contributed by atoms with van der Waals surface area (Å²) in [5, 5.41) is 16.9. The van der Waals surface area contributed by atoms with E-state index in [2.05, 4.69) is 31.1 Å². The standard InChI is InChI=1S/C16H15BrN4O/c17-11-6-7-14(22)12(9-11)15-19-16(21-20-15)13(18)8-10-4-2-1-3-5-10/h1-7,9,13,22H,8,18H2,(H,19,20,21). The summed E-state index contributed by atoms with van der Waals surface area (Å²) in [6, 6.07) is 14.8. The largest absolute Gasteiger partial charge is 0.507 e. The lowest BCUT2D eigenvalue weighted by Crippen LogP contribution is -2.15. The second-order valence-electron chi connectivity index (χ2n) is 5.00. The molecule has 6 heteroatoms. The predicted octanol–water partition coefficient (Wildman–Crippen LogP) is 3.18. The second-order valence-corrected chi connectivity index (χ2v) is 5.92. The quantitative estimate of drug-likeness (QED) is 0.668. The minimum atomic E-state index is -0.280. The number of halogens is 1. The van der Waals surface area contributed by atoms with Gasteiger partial charge in [0.1, 0.15) is 11.6 Å². The molecule has 3 rings (SSSR count). The number of benzene rings is 2. The summed E-state index contributed by atoms with van der Waals surface area (Å²) >= 11 is 3.37. The van der Waals surface area contributed by atoms with E-state index >= 15 is 0 Å². The number of nitrogens with two attached hydrogens (primary N) is 1. The fourth-order valence-corrected chi connectivity index (χ4v) is 2.57. The molecule has 0 fully saturated rings. The molecule has 0 aliphatic carbocycles. The molecule has 22 heavy (non-hydrogen) atoms. The van der Waals surface area contributed by atoms with E-state index < -0.39 is 0 Å². The number of nitrogens with one attached hydrogen (secondary N) is 1. The van der Waals surface area contributed by atoms with Crippen molar-refractivity contribution in [3.8, 4) is 17.1 Å². The van der Waals surface area contributed by atoms with Crippen LogP contribution in [0.4, 0.5) is 0 Å². The Hall–Kier alpha value is -2.18. The predicted molar refractivity (Wildman–Crippen MR) is 88.3 cm³/mol. The zero-order valence-electron chi connectivity index (χ0n) is 11.7. The zero-order chi connectivity index (χ0) is 15.5. The summed E-state index contributed by atoms with van der Waals surface area (Å²) in [6.45, 7) is 0. The van der Waals surface area contributed by atoms with Gasteiger partial charge in [0.2, 0.25) is 0 Å². The molecule has 112 valence electrons. The Bertz CT molecular complexity index is 773. The minimum absolute atomic E-state index is 0.130. The Morgan fingerprint density at radius 1 is 1.18 bits per heavy atom. The molecule has 0 aliphatic rings. The van der Waals surface area contributed by atoms with E-state index in [1.54, 1.807) is 18.2 Å². The van der Waals surface area contributed by atoms with E-state index in [0.717, 1.165) is 10.0 Å². The molecule has 0 saturated carbocycles. The highest BCUT2D eigenvalue weighted by molar-refractivity contribution is 9.10. The number of phenols is 1. The second kappa shape index (κ2) is 6.29. The van der Waals surface area contributed by atoms with Crippen molar-refractivity contribution in [1.82, 2.24) is 15.2 Å². The lowest BCUT2D eigenvalue weighted by Gasteiger charge is -2.07. The first-order valence-electron chi connectivity index (χ1n) is 6.84. The number of phenolic OH excluding ortho intramolecular Hbond substituents is 1. The van der Waals surface area contributed by atoms with Gasteiger partial charge in [0, 0.05) is 4.47 Å². The molecule has 5 nitrogen and oxygen atoms in total. The van der Waals surface area contributed by atoms with Crippen molar-refractivity contribution in [1.29, 1.82) is 0 Å². The van der Waals surface area contributed by atoms with Crippen molar-refractivity contribution >= 4 is 15.9 Å². The first kappa shape index (κ1) is 14.7. The fraction of sp³-hybridized carbons (Fsp3) is 0.125. The maximum Gasteiger partial charge on any atom is 0.184 e. The van der Waals surface area contributed by atoms with Crippen LogP contribution in [-0.2, 0) is 6.42 Å². The number of rotatable bonds is 4. The summed E-state index contributed by atoms with van der Waals surface area (Å²) in [5.41, 5.74) is 7.88. The number of nitrogens with zero attached hydrogens (tertiary/aromatic N) is 2. The van der Waals surface area contributed by atoms with Gasteiger partial charge in [-0.25, -0.2) is 4.98 Å². The number of hydrogen-bond donors (Lipinski definition) is 3. The Labute approximate surface area is 136 Å². The molecule has 0 saturated heterocycles. The average molecular weight is 359 g/mol. The van der Waals surface area contributed by atoms with E-state index in [9.17, 15) is 5.11 Å². The van der Waals surface area contributed by atoms with Crippen LogP contribution in [0.15, 0.2) is 53.0 Å². The van der Waals surface area contributed by atoms with Gasteiger partial charge in [0.25, 0.3) is 0 Å². The van der Waals surface area contributed by atoms with Crippen LogP contribution in [-0.4, -0.2) is 20.3 Å². The average Bonchev–Trinajstić information content (AvgIpc) is 3.00. The van der Waals surface area contributed by atoms with E-state index in [-0.39, 0.29) is 11.8 Å². The van der Waals surface area contributed by atoms with Crippen LogP contribution < -0.4 is 5.73 Å². The Morgan fingerprint density at radius 3 is 2.73 bits per heavy atom. The number of aromatic nitrogens is 3. The third-order valence-electron chi connectivity index (χ3n) is 3.35. The van der Waals surface area contributed by atoms with Gasteiger partial charge in [-0.2, -0.15) is 5.10 Å². The highest BCUT2D eigenvalue weighted by atomic mass is 79.9. The Balaban J connectivity index is 1.83. The highest BCUT2D eigenvalue weighted by Crippen LogP contribution is 2.29. The molecular formula is C16H15BrN4O. The van der Waals surface area contributed by atoms with Crippen LogP contribution in [0.3, 0.4) is 0 Å². The molecule has 0 spiro atoms. The maximum absolute atomic E-state index is 9.93. The Kier molecular flexibility index (Phi) is 4.22. The smallest absolute Gasteiger partial charge is 0.184 e. The van der Waals surface area contributed by atoms with Crippen LogP contribution >= 0.6 is 15.9 Å². The molecule has 3 aromatic rings. The van der Waals surface area contributed by atoms with E-state index in [1.165, 1.54) is 0 Å². The van der Waals surface area contributed by atoms with Gasteiger partial charge < -0.3 is 10.8 Å². The Morgan fingerprint density at radius 2 is 1.95 bits per heavy atom. The summed E-state index contributed by atoms with van der Waals surface area (Å²) in [7, 11) is 0. The zero-order valence-corrected chi connectivity index (χ0v) is 13.3. The number of H-pyrrole nitrogens is 1. The van der Waals surface area contributed by atoms with Crippen LogP contribution in [0.1, 0.15) is 17.4 Å². The molecule has 0 amide bonds. The van der Waals surface area contributed by atoms with Gasteiger partial charge >= 0.3 is 0 Å². The molecule has 0 aliphatic heterocycles. The topological polar surface area (TPSA) is 87.8 Å². The van der Waals surface area contributed by atoms with Crippen molar-refractivity contribution in [2.45, 2.75) is 12.5 Å². The monoisotopic (exact) mass is 358 g/mol. The number of hydrogen-bond acceptors (Lipinski definition) is 4. The van der Waals surface area contributed by atoms with Crippen molar-refractivity contribution in [3.63, 3.8) is 0 Å². The van der Waals surface area contributed by atoms with E-state index in [0.29, 0.717) is 23.6 Å².